The van der Waals surface area contributed by atoms with Gasteiger partial charge < -0.3 is 19.9 Å². The van der Waals surface area contributed by atoms with Gasteiger partial charge in [-0.15, -0.1) is 0 Å². The Balaban J connectivity index is 2.45. The van der Waals surface area contributed by atoms with Crippen LogP contribution in [0, 0.1) is 17.1 Å². The van der Waals surface area contributed by atoms with Gasteiger partial charge in [0.25, 0.3) is 0 Å². The van der Waals surface area contributed by atoms with Crippen molar-refractivity contribution >= 4 is 17.6 Å². The van der Waals surface area contributed by atoms with Gasteiger partial charge in [-0.1, -0.05) is 30.3 Å². The van der Waals surface area contributed by atoms with Gasteiger partial charge in [0.1, 0.15) is 23.1 Å². The summed E-state index contributed by atoms with van der Waals surface area (Å²) in [4.78, 5) is 27.3. The summed E-state index contributed by atoms with van der Waals surface area (Å²) in [7, 11) is 2.29. The highest BCUT2D eigenvalue weighted by Crippen LogP contribution is 2.45. The molecule has 1 aliphatic rings. The number of allylic oxidation sites excluding steroid dienone is 1. The van der Waals surface area contributed by atoms with Crippen molar-refractivity contribution in [3.63, 3.8) is 0 Å². The number of nitrogens with two attached hydrogens (primary N) is 1. The summed E-state index contributed by atoms with van der Waals surface area (Å²) in [5.74, 6) is -3.47. The lowest BCUT2D eigenvalue weighted by molar-refractivity contribution is -0.139. The number of hydrogen-bond acceptors (Lipinski definition) is 8. The highest BCUT2D eigenvalue weighted by Gasteiger charge is 2.43. The minimum atomic E-state index is -1.02. The van der Waals surface area contributed by atoms with E-state index in [1.54, 1.807) is 44.2 Å². The maximum atomic E-state index is 14.4. The summed E-state index contributed by atoms with van der Waals surface area (Å²) >= 11 is 0. The largest absolute Gasteiger partial charge is 0.489 e. The number of benzene rings is 2. The fraction of sp³-hybridized carbons (Fsp3) is 0.240. The van der Waals surface area contributed by atoms with Crippen LogP contribution in [0.4, 0.5) is 10.1 Å². The maximum Gasteiger partial charge on any atom is 0.355 e. The van der Waals surface area contributed by atoms with Crippen LogP contribution >= 0.6 is 0 Å². The van der Waals surface area contributed by atoms with Crippen molar-refractivity contribution in [1.82, 2.24) is 0 Å². The lowest BCUT2D eigenvalue weighted by atomic mass is 9.81. The summed E-state index contributed by atoms with van der Waals surface area (Å²) in [6.07, 6.45) is -0.308. The molecule has 0 bridgehead atoms. The molecule has 0 saturated heterocycles. The average Bonchev–Trinajstić information content (AvgIpc) is 2.83. The number of methoxy groups -OCH3 is 2. The van der Waals surface area contributed by atoms with Crippen LogP contribution in [0.1, 0.15) is 25.3 Å². The van der Waals surface area contributed by atoms with E-state index in [-0.39, 0.29) is 40.2 Å². The van der Waals surface area contributed by atoms with Crippen molar-refractivity contribution in [2.45, 2.75) is 25.9 Å². The summed E-state index contributed by atoms with van der Waals surface area (Å²) in [6, 6.07) is 14.3. The van der Waals surface area contributed by atoms with Gasteiger partial charge in [-0.25, -0.2) is 14.0 Å². The van der Waals surface area contributed by atoms with Crippen LogP contribution in [-0.2, 0) is 19.1 Å². The molecule has 8 nitrogen and oxygen atoms in total. The van der Waals surface area contributed by atoms with Crippen LogP contribution in [0.15, 0.2) is 71.2 Å². The molecule has 0 aliphatic carbocycles. The van der Waals surface area contributed by atoms with Crippen molar-refractivity contribution in [3.8, 4) is 11.8 Å². The summed E-state index contributed by atoms with van der Waals surface area (Å²) in [5.41, 5.74) is 6.48. The number of esters is 2. The molecule has 34 heavy (non-hydrogen) atoms. The van der Waals surface area contributed by atoms with E-state index in [4.69, 9.17) is 19.9 Å². The minimum Gasteiger partial charge on any atom is -0.489 e. The van der Waals surface area contributed by atoms with Gasteiger partial charge in [-0.05, 0) is 31.5 Å². The molecule has 2 aromatic carbocycles. The van der Waals surface area contributed by atoms with Crippen LogP contribution in [-0.4, -0.2) is 32.3 Å². The number of carbonyl (C=O) groups is 2. The van der Waals surface area contributed by atoms with Gasteiger partial charge in [0.05, 0.1) is 49.1 Å². The molecule has 0 aromatic heterocycles. The van der Waals surface area contributed by atoms with Gasteiger partial charge >= 0.3 is 11.9 Å². The van der Waals surface area contributed by atoms with E-state index in [2.05, 4.69) is 0 Å². The highest BCUT2D eigenvalue weighted by molar-refractivity contribution is 6.06. The lowest BCUT2D eigenvalue weighted by Crippen LogP contribution is -2.41. The van der Waals surface area contributed by atoms with E-state index in [0.717, 1.165) is 25.2 Å². The SMILES string of the molecule is COC(=O)C1=C(C(=O)OC)N(c2cc(F)ccc2OC(C)C)C(N)=C(C#N)C1c1ccccc1. The molecule has 2 N–H and O–H groups in total. The zero-order valence-electron chi connectivity index (χ0n) is 19.2. The predicted octanol–water partition coefficient (Wildman–Crippen LogP) is 3.51. The fourth-order valence-electron chi connectivity index (χ4n) is 3.78. The average molecular weight is 465 g/mol. The molecule has 9 heteroatoms. The topological polar surface area (TPSA) is 115 Å². The van der Waals surface area contributed by atoms with Gasteiger partial charge in [-0.2, -0.15) is 5.26 Å². The third kappa shape index (κ3) is 4.43. The third-order valence-corrected chi connectivity index (χ3v) is 5.13. The van der Waals surface area contributed by atoms with Crippen LogP contribution in [0.25, 0.3) is 0 Å². The van der Waals surface area contributed by atoms with Crippen LogP contribution in [0.2, 0.25) is 0 Å². The first-order valence-electron chi connectivity index (χ1n) is 10.4. The van der Waals surface area contributed by atoms with E-state index < -0.39 is 23.7 Å². The van der Waals surface area contributed by atoms with E-state index in [0.29, 0.717) is 5.56 Å². The first-order valence-corrected chi connectivity index (χ1v) is 10.4. The number of ether oxygens (including phenoxy) is 3. The summed E-state index contributed by atoms with van der Waals surface area (Å²) < 4.78 is 30.2. The number of halogens is 1. The molecule has 3 rings (SSSR count). The van der Waals surface area contributed by atoms with Crippen LogP contribution in [0.5, 0.6) is 5.75 Å². The Bertz CT molecular complexity index is 1210. The van der Waals surface area contributed by atoms with Gasteiger partial charge in [0, 0.05) is 6.07 Å². The van der Waals surface area contributed by atoms with Gasteiger partial charge in [0.2, 0.25) is 0 Å². The molecule has 0 fully saturated rings. The molecule has 176 valence electrons. The normalized spacial score (nSPS) is 15.8. The molecule has 1 unspecified atom stereocenters. The molecule has 1 heterocycles. The second-order valence-corrected chi connectivity index (χ2v) is 7.61. The molecular weight excluding hydrogens is 441 g/mol. The van der Waals surface area contributed by atoms with E-state index in [1.165, 1.54) is 12.1 Å². The van der Waals surface area contributed by atoms with Gasteiger partial charge in [-0.3, -0.25) is 4.90 Å². The van der Waals surface area contributed by atoms with E-state index in [9.17, 15) is 19.2 Å². The number of rotatable bonds is 6. The standard InChI is InChI=1S/C25H24FN3O5/c1-14(2)34-19-11-10-16(26)12-18(19)29-22(25(31)33-4)21(24(30)32-3)20(17(13-27)23(29)28)15-8-6-5-7-9-15/h5-12,14,20H,28H2,1-4H3. The number of anilines is 1. The number of hydrogen-bond donors (Lipinski definition) is 1. The van der Waals surface area contributed by atoms with Crippen LogP contribution < -0.4 is 15.4 Å². The zero-order chi connectivity index (χ0) is 25.0. The lowest BCUT2D eigenvalue weighted by Gasteiger charge is -2.36. The Kier molecular flexibility index (Phi) is 7.21. The molecular formula is C25H24FN3O5. The molecule has 2 aromatic rings. The second kappa shape index (κ2) is 10.1. The van der Waals surface area contributed by atoms with Crippen molar-refractivity contribution < 1.29 is 28.2 Å². The minimum absolute atomic E-state index is 0.0206. The first-order chi connectivity index (χ1) is 16.2. The van der Waals surface area contributed by atoms with Crippen molar-refractivity contribution in [2.75, 3.05) is 19.1 Å². The highest BCUT2D eigenvalue weighted by atomic mass is 19.1. The van der Waals surface area contributed by atoms with Crippen molar-refractivity contribution in [3.05, 3.63) is 82.6 Å². The molecule has 0 spiro atoms. The van der Waals surface area contributed by atoms with Crippen molar-refractivity contribution in [1.29, 1.82) is 5.26 Å². The molecule has 0 amide bonds. The fourth-order valence-corrected chi connectivity index (χ4v) is 3.78. The number of carbonyl (C=O) groups excluding carboxylic acids is 2. The first kappa shape index (κ1) is 24.3. The summed E-state index contributed by atoms with van der Waals surface area (Å²) in [6.45, 7) is 3.54. The van der Waals surface area contributed by atoms with Crippen LogP contribution in [0.3, 0.4) is 0 Å². The quantitative estimate of drug-likeness (QED) is 0.645. The second-order valence-electron chi connectivity index (χ2n) is 7.61. The molecule has 1 atom stereocenters. The summed E-state index contributed by atoms with van der Waals surface area (Å²) in [5, 5.41) is 10.1. The Hall–Kier alpha value is -4.32. The Morgan fingerprint density at radius 3 is 2.29 bits per heavy atom. The molecule has 0 saturated carbocycles. The third-order valence-electron chi connectivity index (χ3n) is 5.13. The zero-order valence-corrected chi connectivity index (χ0v) is 19.2. The number of nitriles is 1. The Morgan fingerprint density at radius 1 is 1.09 bits per heavy atom. The number of nitrogens with zero attached hydrogens (tertiary/aromatic N) is 2. The Labute approximate surface area is 196 Å². The van der Waals surface area contributed by atoms with E-state index >= 15 is 0 Å². The molecule has 1 aliphatic heterocycles. The van der Waals surface area contributed by atoms with E-state index in [1.807, 2.05) is 6.07 Å². The van der Waals surface area contributed by atoms with Crippen molar-refractivity contribution in [2.24, 2.45) is 5.73 Å². The molecule has 0 radical (unpaired) electrons. The smallest absolute Gasteiger partial charge is 0.355 e. The van der Waals surface area contributed by atoms with Gasteiger partial charge in [0.15, 0.2) is 0 Å². The predicted molar refractivity (Wildman–Crippen MR) is 122 cm³/mol. The maximum absolute atomic E-state index is 14.4. The Morgan fingerprint density at radius 2 is 1.74 bits per heavy atom. The monoisotopic (exact) mass is 465 g/mol.